The average molecular weight is 344 g/mol. The Hall–Kier alpha value is -2.96. The standard InChI is InChI=1S/C18H17FN2O4/c19-13-4-6-15(7-5-13)25-16-3-1-2-14(21-16)10-20-17(22)11-8-12(9-11)18(23)24/h1-7,11-12H,8-10H2,(H,20,22)(H,23,24). The molecule has 0 spiro atoms. The van der Waals surface area contributed by atoms with Gasteiger partial charge in [-0.15, -0.1) is 0 Å². The average Bonchev–Trinajstić information content (AvgIpc) is 2.54. The van der Waals surface area contributed by atoms with Crippen LogP contribution < -0.4 is 10.1 Å². The van der Waals surface area contributed by atoms with Crippen LogP contribution >= 0.6 is 0 Å². The van der Waals surface area contributed by atoms with Crippen LogP contribution in [0.15, 0.2) is 42.5 Å². The molecule has 2 aromatic rings. The molecule has 1 amide bonds. The third-order valence-electron chi connectivity index (χ3n) is 4.12. The minimum Gasteiger partial charge on any atom is -0.481 e. The molecule has 1 aromatic carbocycles. The first-order valence-corrected chi connectivity index (χ1v) is 7.91. The van der Waals surface area contributed by atoms with Crippen molar-refractivity contribution in [2.24, 2.45) is 11.8 Å². The number of hydrogen-bond acceptors (Lipinski definition) is 4. The molecule has 0 saturated heterocycles. The highest BCUT2D eigenvalue weighted by molar-refractivity contribution is 5.82. The van der Waals surface area contributed by atoms with Crippen molar-refractivity contribution < 1.29 is 23.8 Å². The topological polar surface area (TPSA) is 88.5 Å². The maximum absolute atomic E-state index is 12.9. The number of nitrogens with one attached hydrogen (secondary N) is 1. The number of carbonyl (C=O) groups excluding carboxylic acids is 1. The number of nitrogens with zero attached hydrogens (tertiary/aromatic N) is 1. The fourth-order valence-corrected chi connectivity index (χ4v) is 2.59. The Balaban J connectivity index is 1.52. The first-order valence-electron chi connectivity index (χ1n) is 7.91. The highest BCUT2D eigenvalue weighted by Crippen LogP contribution is 2.33. The minimum atomic E-state index is -0.851. The first kappa shape index (κ1) is 16.9. The zero-order valence-electron chi connectivity index (χ0n) is 13.3. The van der Waals surface area contributed by atoms with Crippen molar-refractivity contribution in [3.05, 3.63) is 54.0 Å². The van der Waals surface area contributed by atoms with Gasteiger partial charge in [0.1, 0.15) is 11.6 Å². The highest BCUT2D eigenvalue weighted by atomic mass is 19.1. The summed E-state index contributed by atoms with van der Waals surface area (Å²) in [4.78, 5) is 27.0. The van der Waals surface area contributed by atoms with Crippen LogP contribution in [0.3, 0.4) is 0 Å². The first-order chi connectivity index (χ1) is 12.0. The molecule has 0 bridgehead atoms. The van der Waals surface area contributed by atoms with Gasteiger partial charge in [0.25, 0.3) is 0 Å². The number of pyridine rings is 1. The van der Waals surface area contributed by atoms with E-state index >= 15 is 0 Å². The molecule has 0 unspecified atom stereocenters. The van der Waals surface area contributed by atoms with Gasteiger partial charge in [0.2, 0.25) is 11.8 Å². The lowest BCUT2D eigenvalue weighted by molar-refractivity contribution is -0.148. The lowest BCUT2D eigenvalue weighted by Gasteiger charge is -2.30. The van der Waals surface area contributed by atoms with Gasteiger partial charge in [-0.1, -0.05) is 6.07 Å². The number of halogens is 1. The summed E-state index contributed by atoms with van der Waals surface area (Å²) in [6, 6.07) is 10.8. The van der Waals surface area contributed by atoms with E-state index in [0.717, 1.165) is 0 Å². The second-order valence-electron chi connectivity index (χ2n) is 5.94. The summed E-state index contributed by atoms with van der Waals surface area (Å²) in [5, 5.41) is 11.6. The van der Waals surface area contributed by atoms with E-state index in [9.17, 15) is 14.0 Å². The summed E-state index contributed by atoms with van der Waals surface area (Å²) in [5.74, 6) is -1.23. The predicted octanol–water partition coefficient (Wildman–Crippen LogP) is 2.74. The van der Waals surface area contributed by atoms with Crippen molar-refractivity contribution in [2.75, 3.05) is 0 Å². The van der Waals surface area contributed by atoms with E-state index in [2.05, 4.69) is 10.3 Å². The number of carboxylic acid groups (broad SMARTS) is 1. The summed E-state index contributed by atoms with van der Waals surface area (Å²) in [6.07, 6.45) is 0.755. The predicted molar refractivity (Wildman–Crippen MR) is 86.4 cm³/mol. The summed E-state index contributed by atoms with van der Waals surface area (Å²) in [7, 11) is 0. The maximum Gasteiger partial charge on any atom is 0.306 e. The lowest BCUT2D eigenvalue weighted by atomic mass is 9.74. The van der Waals surface area contributed by atoms with Crippen LogP contribution in [0.5, 0.6) is 11.6 Å². The van der Waals surface area contributed by atoms with E-state index in [1.807, 2.05) is 0 Å². The molecule has 2 N–H and O–H groups in total. The molecule has 1 aliphatic carbocycles. The van der Waals surface area contributed by atoms with Gasteiger partial charge in [0.15, 0.2) is 0 Å². The molecule has 1 aromatic heterocycles. The van der Waals surface area contributed by atoms with Crippen molar-refractivity contribution >= 4 is 11.9 Å². The third kappa shape index (κ3) is 4.32. The summed E-state index contributed by atoms with van der Waals surface area (Å²) in [6.45, 7) is 0.230. The molecule has 130 valence electrons. The van der Waals surface area contributed by atoms with Crippen LogP contribution in [0.25, 0.3) is 0 Å². The number of aliphatic carboxylic acids is 1. The highest BCUT2D eigenvalue weighted by Gasteiger charge is 2.38. The number of carbonyl (C=O) groups is 2. The Morgan fingerprint density at radius 3 is 2.56 bits per heavy atom. The Labute approximate surface area is 143 Å². The SMILES string of the molecule is O=C(O)C1CC(C(=O)NCc2cccc(Oc3ccc(F)cc3)n2)C1. The van der Waals surface area contributed by atoms with Crippen molar-refractivity contribution in [1.29, 1.82) is 0 Å². The van der Waals surface area contributed by atoms with Crippen molar-refractivity contribution in [1.82, 2.24) is 10.3 Å². The number of rotatable bonds is 6. The van der Waals surface area contributed by atoms with Crippen molar-refractivity contribution in [3.63, 3.8) is 0 Å². The molecule has 1 heterocycles. The van der Waals surface area contributed by atoms with Gasteiger partial charge in [-0.3, -0.25) is 9.59 Å². The Morgan fingerprint density at radius 2 is 1.88 bits per heavy atom. The van der Waals surface area contributed by atoms with Crippen LogP contribution in [0.2, 0.25) is 0 Å². The molecule has 0 atom stereocenters. The molecule has 1 saturated carbocycles. The van der Waals surface area contributed by atoms with E-state index in [1.165, 1.54) is 24.3 Å². The van der Waals surface area contributed by atoms with Crippen LogP contribution in [-0.2, 0) is 16.1 Å². The molecule has 0 aliphatic heterocycles. The second-order valence-corrected chi connectivity index (χ2v) is 5.94. The molecular formula is C18H17FN2O4. The van der Waals surface area contributed by atoms with Gasteiger partial charge in [-0.25, -0.2) is 9.37 Å². The van der Waals surface area contributed by atoms with E-state index in [0.29, 0.717) is 30.2 Å². The third-order valence-corrected chi connectivity index (χ3v) is 4.12. The Morgan fingerprint density at radius 1 is 1.16 bits per heavy atom. The van der Waals surface area contributed by atoms with Gasteiger partial charge >= 0.3 is 5.97 Å². The van der Waals surface area contributed by atoms with Crippen LogP contribution in [0.1, 0.15) is 18.5 Å². The van der Waals surface area contributed by atoms with E-state index in [-0.39, 0.29) is 24.2 Å². The van der Waals surface area contributed by atoms with Gasteiger partial charge < -0.3 is 15.2 Å². The number of amides is 1. The summed E-state index contributed by atoms with van der Waals surface area (Å²) in [5.41, 5.74) is 0.613. The van der Waals surface area contributed by atoms with Gasteiger partial charge in [0.05, 0.1) is 18.2 Å². The van der Waals surface area contributed by atoms with Crippen molar-refractivity contribution in [3.8, 4) is 11.6 Å². The molecule has 1 aliphatic rings. The second kappa shape index (κ2) is 7.29. The van der Waals surface area contributed by atoms with Crippen molar-refractivity contribution in [2.45, 2.75) is 19.4 Å². The largest absolute Gasteiger partial charge is 0.481 e. The number of benzene rings is 1. The number of ether oxygens (including phenoxy) is 1. The molecule has 1 fully saturated rings. The fraction of sp³-hybridized carbons (Fsp3) is 0.278. The Kier molecular flexibility index (Phi) is 4.92. The van der Waals surface area contributed by atoms with Gasteiger partial charge in [0, 0.05) is 12.0 Å². The quantitative estimate of drug-likeness (QED) is 0.841. The smallest absolute Gasteiger partial charge is 0.306 e. The number of hydrogen-bond donors (Lipinski definition) is 2. The lowest BCUT2D eigenvalue weighted by Crippen LogP contribution is -2.41. The number of aromatic nitrogens is 1. The van der Waals surface area contributed by atoms with Crippen LogP contribution in [-0.4, -0.2) is 22.0 Å². The van der Waals surface area contributed by atoms with Crippen LogP contribution in [0.4, 0.5) is 4.39 Å². The minimum absolute atomic E-state index is 0.163. The maximum atomic E-state index is 12.9. The normalized spacial score (nSPS) is 18.9. The zero-order chi connectivity index (χ0) is 17.8. The Bertz CT molecular complexity index is 773. The zero-order valence-corrected chi connectivity index (χ0v) is 13.3. The molecular weight excluding hydrogens is 327 g/mol. The fourth-order valence-electron chi connectivity index (χ4n) is 2.59. The van der Waals surface area contributed by atoms with E-state index in [1.54, 1.807) is 18.2 Å². The molecule has 25 heavy (non-hydrogen) atoms. The van der Waals surface area contributed by atoms with Crippen LogP contribution in [0, 0.1) is 17.7 Å². The van der Waals surface area contributed by atoms with E-state index < -0.39 is 11.9 Å². The summed E-state index contributed by atoms with van der Waals surface area (Å²) >= 11 is 0. The van der Waals surface area contributed by atoms with E-state index in [4.69, 9.17) is 9.84 Å². The monoisotopic (exact) mass is 344 g/mol. The number of carboxylic acids is 1. The molecule has 3 rings (SSSR count). The molecule has 0 radical (unpaired) electrons. The van der Waals surface area contributed by atoms with Gasteiger partial charge in [-0.2, -0.15) is 0 Å². The molecule has 7 heteroatoms. The van der Waals surface area contributed by atoms with Gasteiger partial charge in [-0.05, 0) is 43.2 Å². The molecule has 6 nitrogen and oxygen atoms in total. The summed E-state index contributed by atoms with van der Waals surface area (Å²) < 4.78 is 18.4.